The Labute approximate surface area is 160 Å². The van der Waals surface area contributed by atoms with Crippen molar-refractivity contribution < 1.29 is 4.74 Å². The molecule has 2 rings (SSSR count). The van der Waals surface area contributed by atoms with Gasteiger partial charge in [-0.05, 0) is 65.6 Å². The molecule has 2 fully saturated rings. The van der Waals surface area contributed by atoms with Gasteiger partial charge in [0.2, 0.25) is 0 Å². The molecule has 6 nitrogen and oxygen atoms in total. The van der Waals surface area contributed by atoms with E-state index in [9.17, 15) is 0 Å². The van der Waals surface area contributed by atoms with Gasteiger partial charge in [0.15, 0.2) is 5.96 Å². The van der Waals surface area contributed by atoms with Gasteiger partial charge in [0.05, 0.1) is 19.8 Å². The quantitative estimate of drug-likeness (QED) is 0.389. The van der Waals surface area contributed by atoms with Crippen LogP contribution < -0.4 is 10.6 Å². The van der Waals surface area contributed by atoms with Crippen molar-refractivity contribution in [2.45, 2.75) is 59.0 Å². The van der Waals surface area contributed by atoms with Crippen LogP contribution in [0.25, 0.3) is 0 Å². The Bertz CT molecular complexity index is 409. The van der Waals surface area contributed by atoms with Crippen LogP contribution in [0.3, 0.4) is 0 Å². The molecule has 2 heterocycles. The minimum absolute atomic E-state index is 0.444. The summed E-state index contributed by atoms with van der Waals surface area (Å²) in [5.74, 6) is 1.86. The van der Waals surface area contributed by atoms with Gasteiger partial charge in [-0.3, -0.25) is 9.89 Å². The predicted molar refractivity (Wildman–Crippen MR) is 110 cm³/mol. The Hall–Kier alpha value is -0.850. The SMILES string of the molecule is CCNC(=NCC(C)N1CCOCC1C)NCCCN1CCC(C)CC1. The number of nitrogens with one attached hydrogen (secondary N) is 2. The van der Waals surface area contributed by atoms with Crippen molar-refractivity contribution in [3.63, 3.8) is 0 Å². The zero-order chi connectivity index (χ0) is 18.8. The van der Waals surface area contributed by atoms with E-state index in [0.29, 0.717) is 12.1 Å². The first-order valence-electron chi connectivity index (χ1n) is 10.7. The highest BCUT2D eigenvalue weighted by molar-refractivity contribution is 5.79. The molecule has 2 saturated heterocycles. The average Bonchev–Trinajstić information content (AvgIpc) is 2.64. The molecule has 0 spiro atoms. The fourth-order valence-electron chi connectivity index (χ4n) is 3.86. The van der Waals surface area contributed by atoms with Gasteiger partial charge in [-0.1, -0.05) is 6.92 Å². The number of rotatable bonds is 8. The van der Waals surface area contributed by atoms with Gasteiger partial charge in [0.25, 0.3) is 0 Å². The summed E-state index contributed by atoms with van der Waals surface area (Å²) >= 11 is 0. The van der Waals surface area contributed by atoms with E-state index < -0.39 is 0 Å². The third-order valence-electron chi connectivity index (χ3n) is 5.66. The zero-order valence-electron chi connectivity index (χ0n) is 17.5. The van der Waals surface area contributed by atoms with E-state index in [1.165, 1.54) is 38.9 Å². The second kappa shape index (κ2) is 11.8. The number of morpholine rings is 1. The molecule has 152 valence electrons. The van der Waals surface area contributed by atoms with Crippen molar-refractivity contribution in [1.29, 1.82) is 0 Å². The van der Waals surface area contributed by atoms with Crippen molar-refractivity contribution in [1.82, 2.24) is 20.4 Å². The molecule has 0 aromatic heterocycles. The highest BCUT2D eigenvalue weighted by Crippen LogP contribution is 2.15. The van der Waals surface area contributed by atoms with Crippen LogP contribution in [0.5, 0.6) is 0 Å². The molecule has 6 heteroatoms. The van der Waals surface area contributed by atoms with Gasteiger partial charge in [-0.15, -0.1) is 0 Å². The van der Waals surface area contributed by atoms with Gasteiger partial charge in [-0.2, -0.15) is 0 Å². The summed E-state index contributed by atoms with van der Waals surface area (Å²) in [5, 5.41) is 6.89. The Morgan fingerprint density at radius 3 is 2.65 bits per heavy atom. The minimum Gasteiger partial charge on any atom is -0.379 e. The number of aliphatic imine (C=N–C) groups is 1. The first-order chi connectivity index (χ1) is 12.6. The molecule has 0 saturated carbocycles. The van der Waals surface area contributed by atoms with Crippen LogP contribution in [0.2, 0.25) is 0 Å². The van der Waals surface area contributed by atoms with Crippen molar-refractivity contribution in [3.05, 3.63) is 0 Å². The molecule has 0 aliphatic carbocycles. The summed E-state index contributed by atoms with van der Waals surface area (Å²) in [7, 11) is 0. The third kappa shape index (κ3) is 7.41. The lowest BCUT2D eigenvalue weighted by Gasteiger charge is -2.37. The summed E-state index contributed by atoms with van der Waals surface area (Å²) in [6.07, 6.45) is 3.89. The van der Waals surface area contributed by atoms with Crippen LogP contribution in [0.4, 0.5) is 0 Å². The molecular weight excluding hydrogens is 326 g/mol. The number of nitrogens with zero attached hydrogens (tertiary/aromatic N) is 3. The maximum Gasteiger partial charge on any atom is 0.191 e. The average molecular weight is 368 g/mol. The highest BCUT2D eigenvalue weighted by atomic mass is 16.5. The molecule has 2 aliphatic rings. The Morgan fingerprint density at radius 1 is 1.19 bits per heavy atom. The van der Waals surface area contributed by atoms with Gasteiger partial charge < -0.3 is 20.3 Å². The van der Waals surface area contributed by atoms with Crippen LogP contribution in [-0.2, 0) is 4.74 Å². The van der Waals surface area contributed by atoms with Crippen LogP contribution in [0.1, 0.15) is 47.0 Å². The smallest absolute Gasteiger partial charge is 0.191 e. The topological polar surface area (TPSA) is 52.1 Å². The van der Waals surface area contributed by atoms with E-state index in [2.05, 4.69) is 48.1 Å². The first-order valence-corrected chi connectivity index (χ1v) is 10.7. The fourth-order valence-corrected chi connectivity index (χ4v) is 3.86. The summed E-state index contributed by atoms with van der Waals surface area (Å²) in [5.41, 5.74) is 0. The molecule has 2 unspecified atom stereocenters. The zero-order valence-corrected chi connectivity index (χ0v) is 17.5. The number of guanidine groups is 1. The van der Waals surface area contributed by atoms with Crippen LogP contribution in [0, 0.1) is 5.92 Å². The second-order valence-electron chi connectivity index (χ2n) is 8.03. The van der Waals surface area contributed by atoms with Crippen LogP contribution in [0.15, 0.2) is 4.99 Å². The van der Waals surface area contributed by atoms with Crippen LogP contribution >= 0.6 is 0 Å². The number of hydrogen-bond donors (Lipinski definition) is 2. The Balaban J connectivity index is 1.68. The Kier molecular flexibility index (Phi) is 9.72. The van der Waals surface area contributed by atoms with Gasteiger partial charge in [0.1, 0.15) is 0 Å². The monoisotopic (exact) mass is 367 g/mol. The lowest BCUT2D eigenvalue weighted by atomic mass is 9.99. The minimum atomic E-state index is 0.444. The molecule has 0 aromatic rings. The van der Waals surface area contributed by atoms with E-state index in [0.717, 1.165) is 51.3 Å². The lowest BCUT2D eigenvalue weighted by molar-refractivity contribution is -0.0165. The van der Waals surface area contributed by atoms with E-state index >= 15 is 0 Å². The molecule has 2 N–H and O–H groups in total. The van der Waals surface area contributed by atoms with Crippen LogP contribution in [-0.4, -0.2) is 86.9 Å². The fraction of sp³-hybridized carbons (Fsp3) is 0.950. The van der Waals surface area contributed by atoms with E-state index in [4.69, 9.17) is 9.73 Å². The number of piperidine rings is 1. The molecular formula is C20H41N5O. The molecule has 0 radical (unpaired) electrons. The molecule has 0 bridgehead atoms. The van der Waals surface area contributed by atoms with Gasteiger partial charge in [0, 0.05) is 31.7 Å². The normalized spacial score (nSPS) is 25.2. The number of ether oxygens (including phenoxy) is 1. The third-order valence-corrected chi connectivity index (χ3v) is 5.66. The molecule has 0 aromatic carbocycles. The van der Waals surface area contributed by atoms with Gasteiger partial charge >= 0.3 is 0 Å². The van der Waals surface area contributed by atoms with Crippen molar-refractivity contribution in [2.24, 2.45) is 10.9 Å². The van der Waals surface area contributed by atoms with E-state index in [1.54, 1.807) is 0 Å². The largest absolute Gasteiger partial charge is 0.379 e. The van der Waals surface area contributed by atoms with Gasteiger partial charge in [-0.25, -0.2) is 0 Å². The summed E-state index contributed by atoms with van der Waals surface area (Å²) in [4.78, 5) is 9.93. The van der Waals surface area contributed by atoms with E-state index in [1.807, 2.05) is 0 Å². The maximum absolute atomic E-state index is 5.54. The lowest BCUT2D eigenvalue weighted by Crippen LogP contribution is -2.49. The summed E-state index contributed by atoms with van der Waals surface area (Å²) < 4.78 is 5.54. The molecule has 2 atom stereocenters. The Morgan fingerprint density at radius 2 is 1.96 bits per heavy atom. The standard InChI is InChI=1S/C20H41N5O/c1-5-21-20(22-9-6-10-24-11-7-17(2)8-12-24)23-15-18(3)25-13-14-26-16-19(25)4/h17-19H,5-16H2,1-4H3,(H2,21,22,23). The predicted octanol–water partition coefficient (Wildman–Crippen LogP) is 1.77. The highest BCUT2D eigenvalue weighted by Gasteiger charge is 2.23. The number of hydrogen-bond acceptors (Lipinski definition) is 4. The summed E-state index contributed by atoms with van der Waals surface area (Å²) in [6.45, 7) is 18.1. The van der Waals surface area contributed by atoms with Crippen molar-refractivity contribution in [3.8, 4) is 0 Å². The summed E-state index contributed by atoms with van der Waals surface area (Å²) in [6, 6.07) is 0.927. The molecule has 2 aliphatic heterocycles. The van der Waals surface area contributed by atoms with E-state index in [-0.39, 0.29) is 0 Å². The second-order valence-corrected chi connectivity index (χ2v) is 8.03. The molecule has 26 heavy (non-hydrogen) atoms. The number of likely N-dealkylation sites (tertiary alicyclic amines) is 1. The maximum atomic E-state index is 5.54. The van der Waals surface area contributed by atoms with Crippen molar-refractivity contribution in [2.75, 3.05) is 59.0 Å². The first kappa shape index (κ1) is 21.5. The molecule has 0 amide bonds. The van der Waals surface area contributed by atoms with Crippen molar-refractivity contribution >= 4 is 5.96 Å².